The van der Waals surface area contributed by atoms with Gasteiger partial charge in [-0.2, -0.15) is 4.31 Å². The Kier molecular flexibility index (Phi) is 5.48. The highest BCUT2D eigenvalue weighted by atomic mass is 32.2. The van der Waals surface area contributed by atoms with Crippen LogP contribution in [0.2, 0.25) is 0 Å². The van der Waals surface area contributed by atoms with Gasteiger partial charge >= 0.3 is 0 Å². The predicted octanol–water partition coefficient (Wildman–Crippen LogP) is 0.211. The summed E-state index contributed by atoms with van der Waals surface area (Å²) in [5.41, 5.74) is 2.17. The third kappa shape index (κ3) is 4.14. The van der Waals surface area contributed by atoms with Crippen LogP contribution in [0.25, 0.3) is 0 Å². The van der Waals surface area contributed by atoms with Crippen molar-refractivity contribution in [2.45, 2.75) is 15.9 Å². The Balaban J connectivity index is 1.43. The molecule has 0 saturated heterocycles. The van der Waals surface area contributed by atoms with Gasteiger partial charge in [-0.25, -0.2) is 22.0 Å². The van der Waals surface area contributed by atoms with Crippen LogP contribution >= 0.6 is 0 Å². The van der Waals surface area contributed by atoms with E-state index in [-0.39, 0.29) is 36.0 Å². The molecule has 0 aliphatic carbocycles. The van der Waals surface area contributed by atoms with Gasteiger partial charge < -0.3 is 10.0 Å². The molecule has 0 radical (unpaired) electrons. The smallest absolute Gasteiger partial charge is 0.256 e. The van der Waals surface area contributed by atoms with Crippen LogP contribution in [0.15, 0.2) is 75.5 Å². The molecular formula is C20H21N3O6S2. The van der Waals surface area contributed by atoms with Crippen molar-refractivity contribution in [2.24, 2.45) is 5.14 Å². The van der Waals surface area contributed by atoms with Gasteiger partial charge in [0, 0.05) is 26.2 Å². The van der Waals surface area contributed by atoms with Crippen LogP contribution < -0.4 is 5.14 Å². The Morgan fingerprint density at radius 1 is 0.839 bits per heavy atom. The van der Waals surface area contributed by atoms with Gasteiger partial charge in [0.05, 0.1) is 9.79 Å². The molecule has 11 heteroatoms. The lowest BCUT2D eigenvalue weighted by Crippen LogP contribution is -2.38. The SMILES string of the molecule is NS(=O)(=O)c1ccc(S(=O)(=O)N2CC3=C(CN(C(=O)[C@H](O)c4ccccc4)C3)C2)cc1. The molecule has 1 amide bonds. The van der Waals surface area contributed by atoms with Crippen LogP contribution in [0.5, 0.6) is 0 Å². The predicted molar refractivity (Wildman–Crippen MR) is 112 cm³/mol. The Morgan fingerprint density at radius 3 is 1.87 bits per heavy atom. The number of hydrogen-bond donors (Lipinski definition) is 2. The van der Waals surface area contributed by atoms with Crippen molar-refractivity contribution in [1.29, 1.82) is 0 Å². The minimum Gasteiger partial charge on any atom is -0.378 e. The maximum Gasteiger partial charge on any atom is 0.256 e. The Hall–Kier alpha value is -2.57. The van der Waals surface area contributed by atoms with E-state index in [1.54, 1.807) is 30.3 Å². The summed E-state index contributed by atoms with van der Waals surface area (Å²) in [6.07, 6.45) is -1.27. The molecule has 0 fully saturated rings. The summed E-state index contributed by atoms with van der Waals surface area (Å²) in [6, 6.07) is 13.4. The van der Waals surface area contributed by atoms with Crippen LogP contribution in [-0.2, 0) is 24.8 Å². The third-order valence-electron chi connectivity index (χ3n) is 5.45. The zero-order chi connectivity index (χ0) is 22.4. The molecule has 1 atom stereocenters. The molecule has 0 bridgehead atoms. The maximum atomic E-state index is 12.9. The number of carbonyl (C=O) groups is 1. The quantitative estimate of drug-likeness (QED) is 0.608. The van der Waals surface area contributed by atoms with Gasteiger partial charge in [-0.05, 0) is 41.0 Å². The second-order valence-electron chi connectivity index (χ2n) is 7.50. The van der Waals surface area contributed by atoms with Crippen molar-refractivity contribution in [3.63, 3.8) is 0 Å². The first-order valence-electron chi connectivity index (χ1n) is 9.42. The number of aliphatic hydroxyl groups is 1. The molecule has 9 nitrogen and oxygen atoms in total. The number of hydrogen-bond acceptors (Lipinski definition) is 6. The van der Waals surface area contributed by atoms with Crippen molar-refractivity contribution in [1.82, 2.24) is 9.21 Å². The number of aliphatic hydroxyl groups excluding tert-OH is 1. The summed E-state index contributed by atoms with van der Waals surface area (Å²) in [6.45, 7) is 0.794. The summed E-state index contributed by atoms with van der Waals surface area (Å²) in [5.74, 6) is -0.423. The molecule has 2 aromatic rings. The molecule has 0 saturated carbocycles. The van der Waals surface area contributed by atoms with E-state index in [1.807, 2.05) is 0 Å². The number of nitrogens with two attached hydrogens (primary N) is 1. The minimum absolute atomic E-state index is 0.0338. The van der Waals surface area contributed by atoms with E-state index >= 15 is 0 Å². The largest absolute Gasteiger partial charge is 0.378 e. The number of amides is 1. The molecule has 3 N–H and O–H groups in total. The van der Waals surface area contributed by atoms with E-state index < -0.39 is 32.1 Å². The van der Waals surface area contributed by atoms with Gasteiger partial charge in [-0.3, -0.25) is 4.79 Å². The second-order valence-corrected chi connectivity index (χ2v) is 11.0. The molecular weight excluding hydrogens is 442 g/mol. The fourth-order valence-electron chi connectivity index (χ4n) is 3.77. The number of nitrogens with zero attached hydrogens (tertiary/aromatic N) is 2. The fourth-order valence-corrected chi connectivity index (χ4v) is 5.72. The van der Waals surface area contributed by atoms with Gasteiger partial charge in [0.2, 0.25) is 20.0 Å². The Morgan fingerprint density at radius 2 is 1.35 bits per heavy atom. The molecule has 0 aromatic heterocycles. The highest BCUT2D eigenvalue weighted by Gasteiger charge is 2.38. The van der Waals surface area contributed by atoms with Crippen molar-refractivity contribution in [3.05, 3.63) is 71.3 Å². The standard InChI is InChI=1S/C20H21N3O6S2/c21-30(26,27)17-6-8-18(9-7-17)31(28,29)23-12-15-10-22(11-16(15)13-23)20(25)19(24)14-4-2-1-3-5-14/h1-9,19,24H,10-13H2,(H2,21,26,27)/t19-/m1/s1. The second kappa shape index (κ2) is 7.84. The fraction of sp³-hybridized carbons (Fsp3) is 0.250. The molecule has 0 unspecified atom stereocenters. The number of sulfonamides is 2. The lowest BCUT2D eigenvalue weighted by atomic mass is 10.1. The Labute approximate surface area is 180 Å². The highest BCUT2D eigenvalue weighted by molar-refractivity contribution is 7.89. The highest BCUT2D eigenvalue weighted by Crippen LogP contribution is 2.31. The van der Waals surface area contributed by atoms with E-state index in [9.17, 15) is 26.7 Å². The number of rotatable bonds is 5. The molecule has 0 spiro atoms. The normalized spacial score (nSPS) is 18.3. The zero-order valence-corrected chi connectivity index (χ0v) is 18.0. The maximum absolute atomic E-state index is 12.9. The lowest BCUT2D eigenvalue weighted by Gasteiger charge is -2.24. The topological polar surface area (TPSA) is 138 Å². The van der Waals surface area contributed by atoms with E-state index in [2.05, 4.69) is 0 Å². The Bertz CT molecular complexity index is 1240. The molecule has 164 valence electrons. The van der Waals surface area contributed by atoms with Crippen LogP contribution in [0.1, 0.15) is 11.7 Å². The molecule has 2 aliphatic rings. The minimum atomic E-state index is -3.91. The molecule has 31 heavy (non-hydrogen) atoms. The van der Waals surface area contributed by atoms with Gasteiger partial charge in [-0.1, -0.05) is 30.3 Å². The van der Waals surface area contributed by atoms with Crippen molar-refractivity contribution in [3.8, 4) is 0 Å². The monoisotopic (exact) mass is 463 g/mol. The lowest BCUT2D eigenvalue weighted by molar-refractivity contribution is -0.139. The van der Waals surface area contributed by atoms with Crippen molar-refractivity contribution < 1.29 is 26.7 Å². The van der Waals surface area contributed by atoms with E-state index in [1.165, 1.54) is 21.3 Å². The van der Waals surface area contributed by atoms with Gasteiger partial charge in [0.15, 0.2) is 6.10 Å². The number of carbonyl (C=O) groups excluding carboxylic acids is 1. The summed E-state index contributed by atoms with van der Waals surface area (Å²) in [5, 5.41) is 15.4. The van der Waals surface area contributed by atoms with Gasteiger partial charge in [-0.15, -0.1) is 0 Å². The summed E-state index contributed by atoms with van der Waals surface area (Å²) < 4.78 is 49.9. The molecule has 2 heterocycles. The first kappa shape index (κ1) is 21.7. The van der Waals surface area contributed by atoms with Crippen LogP contribution in [-0.4, -0.2) is 63.2 Å². The summed E-state index contributed by atoms with van der Waals surface area (Å²) in [7, 11) is -7.75. The summed E-state index contributed by atoms with van der Waals surface area (Å²) >= 11 is 0. The third-order valence-corrected chi connectivity index (χ3v) is 8.18. The van der Waals surface area contributed by atoms with Gasteiger partial charge in [0.25, 0.3) is 5.91 Å². The average molecular weight is 464 g/mol. The molecule has 2 aromatic carbocycles. The van der Waals surface area contributed by atoms with E-state index in [0.29, 0.717) is 5.56 Å². The molecule has 4 rings (SSSR count). The van der Waals surface area contributed by atoms with E-state index in [4.69, 9.17) is 5.14 Å². The van der Waals surface area contributed by atoms with Crippen molar-refractivity contribution >= 4 is 26.0 Å². The first-order valence-corrected chi connectivity index (χ1v) is 12.4. The molecule has 2 aliphatic heterocycles. The van der Waals surface area contributed by atoms with Gasteiger partial charge in [0.1, 0.15) is 0 Å². The number of benzene rings is 2. The van der Waals surface area contributed by atoms with Crippen LogP contribution in [0, 0.1) is 0 Å². The van der Waals surface area contributed by atoms with Crippen LogP contribution in [0.3, 0.4) is 0 Å². The van der Waals surface area contributed by atoms with Crippen LogP contribution in [0.4, 0.5) is 0 Å². The average Bonchev–Trinajstić information content (AvgIpc) is 3.33. The summed E-state index contributed by atoms with van der Waals surface area (Å²) in [4.78, 5) is 14.0. The first-order chi connectivity index (χ1) is 14.6. The van der Waals surface area contributed by atoms with E-state index in [0.717, 1.165) is 23.3 Å². The van der Waals surface area contributed by atoms with Crippen molar-refractivity contribution in [2.75, 3.05) is 26.2 Å². The number of primary sulfonamides is 1. The zero-order valence-electron chi connectivity index (χ0n) is 16.4.